The van der Waals surface area contributed by atoms with E-state index in [0.29, 0.717) is 6.54 Å². The molecular formula is C12H12N2O2. The Bertz CT molecular complexity index is 482. The summed E-state index contributed by atoms with van der Waals surface area (Å²) >= 11 is 0. The molecule has 1 saturated heterocycles. The summed E-state index contributed by atoms with van der Waals surface area (Å²) in [7, 11) is 1.39. The first-order valence-electron chi connectivity index (χ1n) is 5.20. The molecule has 0 saturated carbocycles. The second-order valence-corrected chi connectivity index (χ2v) is 3.97. The summed E-state index contributed by atoms with van der Waals surface area (Å²) in [6.45, 7) is 0.589. The summed E-state index contributed by atoms with van der Waals surface area (Å²) in [6, 6.07) is 8.34. The topological polar surface area (TPSA) is 41.6 Å². The number of methoxy groups -OCH3 is 1. The third-order valence-corrected chi connectivity index (χ3v) is 3.04. The molecule has 1 unspecified atom stereocenters. The van der Waals surface area contributed by atoms with E-state index in [1.807, 2.05) is 12.1 Å². The fourth-order valence-corrected chi connectivity index (χ4v) is 2.29. The van der Waals surface area contributed by atoms with E-state index in [4.69, 9.17) is 0 Å². The van der Waals surface area contributed by atoms with Crippen LogP contribution in [0.5, 0.6) is 0 Å². The van der Waals surface area contributed by atoms with Crippen molar-refractivity contribution in [2.45, 2.75) is 6.04 Å². The standard InChI is InChI=1S/C12H12N2O2/c1-16-12(15)14-7-9-6-8-4-2-3-5-10(8)11(9)13-14/h2-6,11,13H,7H2,1H3. The van der Waals surface area contributed by atoms with E-state index in [0.717, 1.165) is 0 Å². The van der Waals surface area contributed by atoms with E-state index in [9.17, 15) is 4.79 Å². The minimum Gasteiger partial charge on any atom is -0.452 e. The minimum absolute atomic E-state index is 0.135. The number of amides is 1. The molecule has 0 radical (unpaired) electrons. The van der Waals surface area contributed by atoms with Crippen LogP contribution in [0.2, 0.25) is 0 Å². The first kappa shape index (κ1) is 9.42. The maximum Gasteiger partial charge on any atom is 0.424 e. The van der Waals surface area contributed by atoms with Crippen molar-refractivity contribution in [2.24, 2.45) is 0 Å². The summed E-state index contributed by atoms with van der Waals surface area (Å²) in [6.07, 6.45) is 1.79. The van der Waals surface area contributed by atoms with Gasteiger partial charge < -0.3 is 4.74 Å². The minimum atomic E-state index is -0.340. The number of hydrazine groups is 1. The van der Waals surface area contributed by atoms with Crippen LogP contribution in [0.25, 0.3) is 6.08 Å². The Morgan fingerprint density at radius 1 is 1.50 bits per heavy atom. The highest BCUT2D eigenvalue weighted by molar-refractivity contribution is 5.73. The molecule has 0 spiro atoms. The number of fused-ring (bicyclic) bond motifs is 3. The van der Waals surface area contributed by atoms with Crippen LogP contribution in [-0.4, -0.2) is 24.8 Å². The zero-order valence-electron chi connectivity index (χ0n) is 8.93. The Morgan fingerprint density at radius 2 is 2.31 bits per heavy atom. The summed E-state index contributed by atoms with van der Waals surface area (Å²) in [5.41, 5.74) is 6.83. The molecule has 4 heteroatoms. The number of nitrogens with zero attached hydrogens (tertiary/aromatic N) is 1. The molecular weight excluding hydrogens is 204 g/mol. The molecule has 1 N–H and O–H groups in total. The molecule has 16 heavy (non-hydrogen) atoms. The molecule has 4 nitrogen and oxygen atoms in total. The van der Waals surface area contributed by atoms with Gasteiger partial charge in [0.15, 0.2) is 0 Å². The van der Waals surface area contributed by atoms with E-state index in [-0.39, 0.29) is 12.1 Å². The van der Waals surface area contributed by atoms with Gasteiger partial charge in [0.1, 0.15) is 0 Å². The van der Waals surface area contributed by atoms with Crippen molar-refractivity contribution in [3.8, 4) is 0 Å². The van der Waals surface area contributed by atoms with E-state index in [1.165, 1.54) is 28.8 Å². The summed E-state index contributed by atoms with van der Waals surface area (Å²) in [5.74, 6) is 0. The number of ether oxygens (including phenoxy) is 1. The van der Waals surface area contributed by atoms with Crippen LogP contribution in [-0.2, 0) is 4.74 Å². The van der Waals surface area contributed by atoms with E-state index in [1.54, 1.807) is 0 Å². The first-order chi connectivity index (χ1) is 7.79. The lowest BCUT2D eigenvalue weighted by atomic mass is 10.1. The van der Waals surface area contributed by atoms with Crippen LogP contribution < -0.4 is 5.43 Å². The average Bonchev–Trinajstić information content (AvgIpc) is 2.85. The summed E-state index contributed by atoms with van der Waals surface area (Å²) in [4.78, 5) is 11.4. The molecule has 0 aromatic heterocycles. The van der Waals surface area contributed by atoms with Gasteiger partial charge in [-0.1, -0.05) is 30.3 Å². The van der Waals surface area contributed by atoms with Crippen molar-refractivity contribution in [2.75, 3.05) is 13.7 Å². The van der Waals surface area contributed by atoms with Gasteiger partial charge in [-0.05, 0) is 16.7 Å². The number of hydrogen-bond donors (Lipinski definition) is 1. The Labute approximate surface area is 93.5 Å². The molecule has 1 atom stereocenters. The van der Waals surface area contributed by atoms with Gasteiger partial charge >= 0.3 is 6.09 Å². The van der Waals surface area contributed by atoms with Gasteiger partial charge in [0, 0.05) is 0 Å². The maximum atomic E-state index is 11.4. The predicted octanol–water partition coefficient (Wildman–Crippen LogP) is 1.71. The van der Waals surface area contributed by atoms with Gasteiger partial charge in [0.2, 0.25) is 0 Å². The SMILES string of the molecule is COC(=O)N1CC2=Cc3ccccc3C2N1. The number of carbonyl (C=O) groups excluding carboxylic acids is 1. The highest BCUT2D eigenvalue weighted by Crippen LogP contribution is 2.38. The Hall–Kier alpha value is -1.81. The second-order valence-electron chi connectivity index (χ2n) is 3.97. The molecule has 0 bridgehead atoms. The van der Waals surface area contributed by atoms with E-state index in [2.05, 4.69) is 28.4 Å². The predicted molar refractivity (Wildman–Crippen MR) is 59.4 cm³/mol. The normalized spacial score (nSPS) is 21.4. The van der Waals surface area contributed by atoms with Gasteiger partial charge in [0.25, 0.3) is 0 Å². The lowest BCUT2D eigenvalue weighted by molar-refractivity contribution is 0.114. The summed E-state index contributed by atoms with van der Waals surface area (Å²) in [5, 5.41) is 1.51. The lowest BCUT2D eigenvalue weighted by Crippen LogP contribution is -2.37. The van der Waals surface area contributed by atoms with Gasteiger partial charge in [-0.2, -0.15) is 0 Å². The number of carbonyl (C=O) groups is 1. The molecule has 1 aromatic carbocycles. The van der Waals surface area contributed by atoms with Crippen molar-refractivity contribution in [1.29, 1.82) is 0 Å². The highest BCUT2D eigenvalue weighted by atomic mass is 16.5. The zero-order valence-corrected chi connectivity index (χ0v) is 8.93. The zero-order chi connectivity index (χ0) is 11.1. The molecule has 1 amide bonds. The van der Waals surface area contributed by atoms with Crippen LogP contribution in [0.15, 0.2) is 29.8 Å². The second kappa shape index (κ2) is 3.35. The maximum absolute atomic E-state index is 11.4. The summed E-state index contributed by atoms with van der Waals surface area (Å²) < 4.78 is 4.68. The number of hydrogen-bond acceptors (Lipinski definition) is 3. The molecule has 2 aliphatic rings. The number of benzene rings is 1. The van der Waals surface area contributed by atoms with Crippen molar-refractivity contribution >= 4 is 12.2 Å². The van der Waals surface area contributed by atoms with Crippen LogP contribution in [0.4, 0.5) is 4.79 Å². The first-order valence-corrected chi connectivity index (χ1v) is 5.20. The molecule has 82 valence electrons. The Balaban J connectivity index is 1.90. The third kappa shape index (κ3) is 1.23. The molecule has 1 aliphatic heterocycles. The van der Waals surface area contributed by atoms with Gasteiger partial charge in [-0.3, -0.25) is 0 Å². The van der Waals surface area contributed by atoms with Crippen LogP contribution >= 0.6 is 0 Å². The van der Waals surface area contributed by atoms with Crippen molar-refractivity contribution < 1.29 is 9.53 Å². The fourth-order valence-electron chi connectivity index (χ4n) is 2.29. The quantitative estimate of drug-likeness (QED) is 0.717. The molecule has 3 rings (SSSR count). The largest absolute Gasteiger partial charge is 0.452 e. The van der Waals surface area contributed by atoms with Crippen LogP contribution in [0.1, 0.15) is 17.2 Å². The van der Waals surface area contributed by atoms with Crippen LogP contribution in [0.3, 0.4) is 0 Å². The lowest BCUT2D eigenvalue weighted by Gasteiger charge is -2.16. The third-order valence-electron chi connectivity index (χ3n) is 3.04. The van der Waals surface area contributed by atoms with Crippen molar-refractivity contribution in [1.82, 2.24) is 10.4 Å². The molecule has 1 heterocycles. The van der Waals surface area contributed by atoms with Gasteiger partial charge in [-0.25, -0.2) is 15.2 Å². The molecule has 1 aliphatic carbocycles. The van der Waals surface area contributed by atoms with E-state index >= 15 is 0 Å². The van der Waals surface area contributed by atoms with Gasteiger partial charge in [-0.15, -0.1) is 0 Å². The average molecular weight is 216 g/mol. The number of rotatable bonds is 0. The van der Waals surface area contributed by atoms with Crippen LogP contribution in [0, 0.1) is 0 Å². The molecule has 1 fully saturated rings. The smallest absolute Gasteiger partial charge is 0.424 e. The van der Waals surface area contributed by atoms with E-state index < -0.39 is 0 Å². The van der Waals surface area contributed by atoms with Gasteiger partial charge in [0.05, 0.1) is 19.7 Å². The van der Waals surface area contributed by atoms with Crippen molar-refractivity contribution in [3.05, 3.63) is 41.0 Å². The van der Waals surface area contributed by atoms with Crippen molar-refractivity contribution in [3.63, 3.8) is 0 Å². The Kier molecular flexibility index (Phi) is 1.97. The molecule has 1 aromatic rings. The number of nitrogens with one attached hydrogen (secondary N) is 1. The fraction of sp³-hybridized carbons (Fsp3) is 0.250. The Morgan fingerprint density at radius 3 is 3.12 bits per heavy atom. The monoisotopic (exact) mass is 216 g/mol. The highest BCUT2D eigenvalue weighted by Gasteiger charge is 2.35.